The Morgan fingerprint density at radius 1 is 1.14 bits per heavy atom. The highest BCUT2D eigenvalue weighted by Crippen LogP contribution is 2.32. The van der Waals surface area contributed by atoms with Crippen LogP contribution in [0.3, 0.4) is 0 Å². The van der Waals surface area contributed by atoms with Crippen LogP contribution < -0.4 is 5.32 Å². The van der Waals surface area contributed by atoms with Crippen LogP contribution in [-0.2, 0) is 12.7 Å². The van der Waals surface area contributed by atoms with Crippen LogP contribution in [0.1, 0.15) is 16.7 Å². The summed E-state index contributed by atoms with van der Waals surface area (Å²) in [6, 6.07) is 8.97. The molecule has 0 atom stereocenters. The third-order valence-corrected chi connectivity index (χ3v) is 4.02. The van der Waals surface area contributed by atoms with Gasteiger partial charge in [-0.25, -0.2) is 0 Å². The highest BCUT2D eigenvalue weighted by Gasteiger charge is 2.30. The van der Waals surface area contributed by atoms with Crippen molar-refractivity contribution in [1.29, 1.82) is 0 Å². The Bertz CT molecular complexity index is 656. The van der Waals surface area contributed by atoms with E-state index >= 15 is 0 Å². The summed E-state index contributed by atoms with van der Waals surface area (Å²) in [4.78, 5) is 0. The number of alkyl halides is 3. The summed E-state index contributed by atoms with van der Waals surface area (Å²) in [5.41, 5.74) is 1.47. The maximum atomic E-state index is 12.7. The molecule has 21 heavy (non-hydrogen) atoms. The number of rotatable bonds is 3. The molecule has 0 radical (unpaired) electrons. The van der Waals surface area contributed by atoms with Gasteiger partial charge in [0.1, 0.15) is 0 Å². The summed E-state index contributed by atoms with van der Waals surface area (Å²) in [5.74, 6) is 0. The van der Waals surface area contributed by atoms with Crippen molar-refractivity contribution in [3.63, 3.8) is 0 Å². The molecule has 0 aliphatic heterocycles. The van der Waals surface area contributed by atoms with Crippen molar-refractivity contribution in [3.05, 3.63) is 62.6 Å². The number of hydrogen-bond acceptors (Lipinski definition) is 1. The highest BCUT2D eigenvalue weighted by atomic mass is 79.9. The molecule has 0 bridgehead atoms. The average molecular weight is 379 g/mol. The fourth-order valence-corrected chi connectivity index (χ4v) is 2.67. The van der Waals surface area contributed by atoms with Gasteiger partial charge in [0, 0.05) is 21.7 Å². The quantitative estimate of drug-likeness (QED) is 0.686. The second-order valence-electron chi connectivity index (χ2n) is 4.62. The summed E-state index contributed by atoms with van der Waals surface area (Å²) in [6.07, 6.45) is -4.34. The first kappa shape index (κ1) is 16.2. The minimum atomic E-state index is -4.34. The average Bonchev–Trinajstić information content (AvgIpc) is 2.38. The van der Waals surface area contributed by atoms with E-state index in [0.29, 0.717) is 17.3 Å². The standard InChI is InChI=1S/C15H12BrClF3N/c1-9-2-4-11(15(18,19)20)6-14(9)21-8-10-3-5-12(17)7-13(10)16/h2-7,21H,8H2,1H3. The Morgan fingerprint density at radius 2 is 1.86 bits per heavy atom. The Kier molecular flexibility index (Phi) is 4.84. The molecular formula is C15H12BrClF3N. The lowest BCUT2D eigenvalue weighted by Crippen LogP contribution is -2.07. The minimum Gasteiger partial charge on any atom is -0.381 e. The molecule has 0 saturated carbocycles. The van der Waals surface area contributed by atoms with Crippen LogP contribution in [0.2, 0.25) is 5.02 Å². The van der Waals surface area contributed by atoms with E-state index < -0.39 is 11.7 Å². The van der Waals surface area contributed by atoms with E-state index in [1.165, 1.54) is 6.07 Å². The molecule has 112 valence electrons. The van der Waals surface area contributed by atoms with E-state index in [9.17, 15) is 13.2 Å². The van der Waals surface area contributed by atoms with Gasteiger partial charge in [-0.15, -0.1) is 0 Å². The molecule has 0 aliphatic rings. The number of benzene rings is 2. The third-order valence-electron chi connectivity index (χ3n) is 3.05. The van der Waals surface area contributed by atoms with Gasteiger partial charge in [0.25, 0.3) is 0 Å². The maximum absolute atomic E-state index is 12.7. The summed E-state index contributed by atoms with van der Waals surface area (Å²) in [6.45, 7) is 2.17. The predicted octanol–water partition coefficient (Wildman–Crippen LogP) is 6.04. The van der Waals surface area contributed by atoms with E-state index in [1.807, 2.05) is 6.07 Å². The van der Waals surface area contributed by atoms with Crippen LogP contribution in [-0.4, -0.2) is 0 Å². The van der Waals surface area contributed by atoms with E-state index in [0.717, 1.165) is 27.7 Å². The molecule has 0 fully saturated rings. The van der Waals surface area contributed by atoms with Crippen LogP contribution >= 0.6 is 27.5 Å². The number of hydrogen-bond donors (Lipinski definition) is 1. The summed E-state index contributed by atoms with van der Waals surface area (Å²) >= 11 is 9.24. The molecule has 2 rings (SSSR count). The number of halogens is 5. The normalized spacial score (nSPS) is 11.5. The van der Waals surface area contributed by atoms with Gasteiger partial charge < -0.3 is 5.32 Å². The van der Waals surface area contributed by atoms with Crippen LogP contribution in [0, 0.1) is 6.92 Å². The topological polar surface area (TPSA) is 12.0 Å². The van der Waals surface area contributed by atoms with Crippen molar-refractivity contribution in [2.45, 2.75) is 19.6 Å². The Balaban J connectivity index is 2.19. The van der Waals surface area contributed by atoms with Crippen LogP contribution in [0.5, 0.6) is 0 Å². The lowest BCUT2D eigenvalue weighted by molar-refractivity contribution is -0.137. The lowest BCUT2D eigenvalue weighted by Gasteiger charge is -2.14. The zero-order valence-corrected chi connectivity index (χ0v) is 13.4. The van der Waals surface area contributed by atoms with Crippen molar-refractivity contribution in [1.82, 2.24) is 0 Å². The molecule has 0 heterocycles. The van der Waals surface area contributed by atoms with E-state index in [-0.39, 0.29) is 0 Å². The van der Waals surface area contributed by atoms with E-state index in [4.69, 9.17) is 11.6 Å². The van der Waals surface area contributed by atoms with Crippen molar-refractivity contribution in [2.75, 3.05) is 5.32 Å². The van der Waals surface area contributed by atoms with Gasteiger partial charge in [0.2, 0.25) is 0 Å². The number of aryl methyl sites for hydroxylation is 1. The molecule has 0 unspecified atom stereocenters. The van der Waals surface area contributed by atoms with Crippen molar-refractivity contribution in [3.8, 4) is 0 Å². The van der Waals surface area contributed by atoms with Crippen LogP contribution in [0.4, 0.5) is 18.9 Å². The zero-order valence-electron chi connectivity index (χ0n) is 11.1. The van der Waals surface area contributed by atoms with Crippen molar-refractivity contribution in [2.24, 2.45) is 0 Å². The Labute approximate surface area is 134 Å². The van der Waals surface area contributed by atoms with Gasteiger partial charge in [0.15, 0.2) is 0 Å². The van der Waals surface area contributed by atoms with E-state index in [1.54, 1.807) is 19.1 Å². The van der Waals surface area contributed by atoms with Gasteiger partial charge in [-0.2, -0.15) is 13.2 Å². The smallest absolute Gasteiger partial charge is 0.381 e. The largest absolute Gasteiger partial charge is 0.416 e. The second kappa shape index (κ2) is 6.28. The zero-order chi connectivity index (χ0) is 15.6. The SMILES string of the molecule is Cc1ccc(C(F)(F)F)cc1NCc1ccc(Cl)cc1Br. The molecular weight excluding hydrogens is 367 g/mol. The summed E-state index contributed by atoms with van der Waals surface area (Å²) in [7, 11) is 0. The van der Waals surface area contributed by atoms with E-state index in [2.05, 4.69) is 21.2 Å². The van der Waals surface area contributed by atoms with Gasteiger partial charge in [-0.3, -0.25) is 0 Å². The first-order chi connectivity index (χ1) is 9.77. The monoisotopic (exact) mass is 377 g/mol. The Morgan fingerprint density at radius 3 is 2.48 bits per heavy atom. The maximum Gasteiger partial charge on any atom is 0.416 e. The van der Waals surface area contributed by atoms with Gasteiger partial charge in [-0.1, -0.05) is 39.7 Å². The van der Waals surface area contributed by atoms with Crippen molar-refractivity contribution >= 4 is 33.2 Å². The number of nitrogens with one attached hydrogen (secondary N) is 1. The molecule has 0 aromatic heterocycles. The fourth-order valence-electron chi connectivity index (χ4n) is 1.84. The first-order valence-corrected chi connectivity index (χ1v) is 7.30. The van der Waals surface area contributed by atoms with Gasteiger partial charge in [-0.05, 0) is 42.3 Å². The van der Waals surface area contributed by atoms with Crippen LogP contribution in [0.25, 0.3) is 0 Å². The molecule has 2 aromatic carbocycles. The molecule has 0 saturated heterocycles. The van der Waals surface area contributed by atoms with Crippen LogP contribution in [0.15, 0.2) is 40.9 Å². The molecule has 6 heteroatoms. The predicted molar refractivity (Wildman–Crippen MR) is 82.7 cm³/mol. The minimum absolute atomic E-state index is 0.403. The summed E-state index contributed by atoms with van der Waals surface area (Å²) < 4.78 is 39.0. The van der Waals surface area contributed by atoms with Gasteiger partial charge >= 0.3 is 6.18 Å². The fraction of sp³-hybridized carbons (Fsp3) is 0.200. The first-order valence-electron chi connectivity index (χ1n) is 6.13. The number of anilines is 1. The van der Waals surface area contributed by atoms with Crippen molar-refractivity contribution < 1.29 is 13.2 Å². The molecule has 0 amide bonds. The lowest BCUT2D eigenvalue weighted by atomic mass is 10.1. The molecule has 0 spiro atoms. The molecule has 2 aromatic rings. The molecule has 0 aliphatic carbocycles. The second-order valence-corrected chi connectivity index (χ2v) is 5.91. The summed E-state index contributed by atoms with van der Waals surface area (Å²) in [5, 5.41) is 3.63. The highest BCUT2D eigenvalue weighted by molar-refractivity contribution is 9.10. The molecule has 1 N–H and O–H groups in total. The molecule has 1 nitrogen and oxygen atoms in total. The van der Waals surface area contributed by atoms with Gasteiger partial charge in [0.05, 0.1) is 5.56 Å². The Hall–Kier alpha value is -1.20. The third kappa shape index (κ3) is 4.14.